The van der Waals surface area contributed by atoms with Crippen LogP contribution in [0.4, 0.5) is 0 Å². The number of hydrogen-bond acceptors (Lipinski definition) is 4. The second-order valence-electron chi connectivity index (χ2n) is 3.82. The molecule has 1 heterocycles. The molecule has 2 rings (SSSR count). The fourth-order valence-electron chi connectivity index (χ4n) is 1.23. The summed E-state index contributed by atoms with van der Waals surface area (Å²) in [6.07, 6.45) is 3.44. The van der Waals surface area contributed by atoms with Gasteiger partial charge in [0.2, 0.25) is 5.91 Å². The number of amides is 1. The molecular formula is C11H12N2O3S. The van der Waals surface area contributed by atoms with Crippen molar-refractivity contribution in [1.29, 1.82) is 0 Å². The third-order valence-corrected chi connectivity index (χ3v) is 3.22. The highest BCUT2D eigenvalue weighted by molar-refractivity contribution is 7.99. The minimum atomic E-state index is -1.000. The first-order valence-corrected chi connectivity index (χ1v) is 6.25. The monoisotopic (exact) mass is 252 g/mol. The molecule has 0 bridgehead atoms. The van der Waals surface area contributed by atoms with Crippen molar-refractivity contribution in [2.75, 3.05) is 5.75 Å². The highest BCUT2D eigenvalue weighted by Gasteiger charge is 2.22. The van der Waals surface area contributed by atoms with Gasteiger partial charge in [-0.3, -0.25) is 4.79 Å². The van der Waals surface area contributed by atoms with E-state index in [0.29, 0.717) is 16.8 Å². The van der Waals surface area contributed by atoms with Crippen LogP contribution in [0.3, 0.4) is 0 Å². The van der Waals surface area contributed by atoms with Crippen LogP contribution in [0.15, 0.2) is 23.4 Å². The Kier molecular flexibility index (Phi) is 3.63. The van der Waals surface area contributed by atoms with E-state index in [1.807, 2.05) is 0 Å². The van der Waals surface area contributed by atoms with E-state index in [4.69, 9.17) is 5.11 Å². The smallest absolute Gasteiger partial charge is 0.337 e. The average molecular weight is 252 g/mol. The average Bonchev–Trinajstić information content (AvgIpc) is 3.11. The van der Waals surface area contributed by atoms with E-state index in [0.717, 1.165) is 12.8 Å². The van der Waals surface area contributed by atoms with Crippen molar-refractivity contribution >= 4 is 23.6 Å². The first kappa shape index (κ1) is 11.9. The van der Waals surface area contributed by atoms with Gasteiger partial charge in [0.15, 0.2) is 0 Å². The molecule has 1 aromatic rings. The molecule has 1 aromatic heterocycles. The third kappa shape index (κ3) is 3.74. The molecule has 1 aliphatic carbocycles. The number of nitrogens with one attached hydrogen (secondary N) is 1. The quantitative estimate of drug-likeness (QED) is 0.768. The van der Waals surface area contributed by atoms with E-state index in [2.05, 4.69) is 10.3 Å². The topological polar surface area (TPSA) is 79.3 Å². The van der Waals surface area contributed by atoms with E-state index >= 15 is 0 Å². The van der Waals surface area contributed by atoms with Gasteiger partial charge >= 0.3 is 5.97 Å². The van der Waals surface area contributed by atoms with Gasteiger partial charge in [0, 0.05) is 12.2 Å². The molecule has 0 radical (unpaired) electrons. The molecule has 1 aliphatic rings. The predicted molar refractivity (Wildman–Crippen MR) is 63.1 cm³/mol. The number of aromatic carboxylic acids is 1. The van der Waals surface area contributed by atoms with Crippen LogP contribution < -0.4 is 5.32 Å². The minimum absolute atomic E-state index is 0.00149. The number of pyridine rings is 1. The van der Waals surface area contributed by atoms with Crippen molar-refractivity contribution in [2.45, 2.75) is 23.9 Å². The zero-order chi connectivity index (χ0) is 12.3. The summed E-state index contributed by atoms with van der Waals surface area (Å²) in [5, 5.41) is 12.2. The van der Waals surface area contributed by atoms with Gasteiger partial charge in [-0.1, -0.05) is 11.8 Å². The Balaban J connectivity index is 1.81. The standard InChI is InChI=1S/C11H12N2O3S/c14-9(13-8-2-3-8)6-17-10-4-1-7(5-12-10)11(15)16/h1,4-5,8H,2-3,6H2,(H,13,14)(H,15,16). The summed E-state index contributed by atoms with van der Waals surface area (Å²) < 4.78 is 0. The van der Waals surface area contributed by atoms with Crippen molar-refractivity contribution in [3.05, 3.63) is 23.9 Å². The lowest BCUT2D eigenvalue weighted by Crippen LogP contribution is -2.27. The second kappa shape index (κ2) is 5.18. The van der Waals surface area contributed by atoms with Crippen LogP contribution >= 0.6 is 11.8 Å². The first-order chi connectivity index (χ1) is 8.15. The maximum Gasteiger partial charge on any atom is 0.337 e. The normalized spacial score (nSPS) is 14.4. The van der Waals surface area contributed by atoms with Crippen molar-refractivity contribution in [3.8, 4) is 0 Å². The van der Waals surface area contributed by atoms with Gasteiger partial charge in [-0.05, 0) is 25.0 Å². The predicted octanol–water partition coefficient (Wildman–Crippen LogP) is 1.15. The zero-order valence-electron chi connectivity index (χ0n) is 9.05. The Morgan fingerprint density at radius 3 is 2.76 bits per heavy atom. The van der Waals surface area contributed by atoms with Crippen LogP contribution in [0.1, 0.15) is 23.2 Å². The summed E-state index contributed by atoms with van der Waals surface area (Å²) in [5.74, 6) is -0.683. The Morgan fingerprint density at radius 1 is 1.47 bits per heavy atom. The Morgan fingerprint density at radius 2 is 2.24 bits per heavy atom. The first-order valence-electron chi connectivity index (χ1n) is 5.26. The van der Waals surface area contributed by atoms with E-state index in [-0.39, 0.29) is 11.5 Å². The van der Waals surface area contributed by atoms with Crippen molar-refractivity contribution in [3.63, 3.8) is 0 Å². The summed E-state index contributed by atoms with van der Waals surface area (Å²) in [7, 11) is 0. The van der Waals surface area contributed by atoms with E-state index in [9.17, 15) is 9.59 Å². The molecule has 0 atom stereocenters. The molecule has 0 aliphatic heterocycles. The van der Waals surface area contributed by atoms with Crippen LogP contribution in [0.5, 0.6) is 0 Å². The Hall–Kier alpha value is -1.56. The largest absolute Gasteiger partial charge is 0.478 e. The fourth-order valence-corrected chi connectivity index (χ4v) is 1.88. The van der Waals surface area contributed by atoms with Gasteiger partial charge in [0.25, 0.3) is 0 Å². The molecule has 90 valence electrons. The summed E-state index contributed by atoms with van der Waals surface area (Å²) in [6.45, 7) is 0. The number of thioether (sulfide) groups is 1. The van der Waals surface area contributed by atoms with Gasteiger partial charge in [-0.2, -0.15) is 0 Å². The molecule has 2 N–H and O–H groups in total. The molecule has 1 fully saturated rings. The molecule has 17 heavy (non-hydrogen) atoms. The minimum Gasteiger partial charge on any atom is -0.478 e. The second-order valence-corrected chi connectivity index (χ2v) is 4.82. The SMILES string of the molecule is O=C(CSc1ccc(C(=O)O)cn1)NC1CC1. The zero-order valence-corrected chi connectivity index (χ0v) is 9.87. The summed E-state index contributed by atoms with van der Waals surface area (Å²) in [5.41, 5.74) is 0.150. The number of aromatic nitrogens is 1. The lowest BCUT2D eigenvalue weighted by atomic mass is 10.3. The van der Waals surface area contributed by atoms with Crippen LogP contribution in [0.25, 0.3) is 0 Å². The molecule has 5 nitrogen and oxygen atoms in total. The molecular weight excluding hydrogens is 240 g/mol. The Bertz CT molecular complexity index is 429. The number of carbonyl (C=O) groups excluding carboxylic acids is 1. The van der Waals surface area contributed by atoms with Crippen LogP contribution in [-0.2, 0) is 4.79 Å². The fraction of sp³-hybridized carbons (Fsp3) is 0.364. The Labute approximate surface area is 103 Å². The lowest BCUT2D eigenvalue weighted by molar-refractivity contribution is -0.118. The number of carboxylic acid groups (broad SMARTS) is 1. The van der Waals surface area contributed by atoms with Gasteiger partial charge in [0.05, 0.1) is 16.3 Å². The molecule has 1 saturated carbocycles. The van der Waals surface area contributed by atoms with Crippen LogP contribution in [0, 0.1) is 0 Å². The highest BCUT2D eigenvalue weighted by atomic mass is 32.2. The number of hydrogen-bond donors (Lipinski definition) is 2. The molecule has 0 aromatic carbocycles. The van der Waals surface area contributed by atoms with Crippen LogP contribution in [0.2, 0.25) is 0 Å². The van der Waals surface area contributed by atoms with Gasteiger partial charge in [-0.25, -0.2) is 9.78 Å². The van der Waals surface area contributed by atoms with E-state index in [1.54, 1.807) is 6.07 Å². The number of carboxylic acids is 1. The maximum absolute atomic E-state index is 11.4. The van der Waals surface area contributed by atoms with Gasteiger partial charge in [-0.15, -0.1) is 0 Å². The number of rotatable bonds is 5. The van der Waals surface area contributed by atoms with Crippen molar-refractivity contribution in [2.24, 2.45) is 0 Å². The summed E-state index contributed by atoms with van der Waals surface area (Å²) in [4.78, 5) is 26.0. The van der Waals surface area contributed by atoms with Gasteiger partial charge < -0.3 is 10.4 Å². The number of nitrogens with zero attached hydrogens (tertiary/aromatic N) is 1. The molecule has 1 amide bonds. The van der Waals surface area contributed by atoms with Crippen molar-refractivity contribution in [1.82, 2.24) is 10.3 Å². The molecule has 6 heteroatoms. The van der Waals surface area contributed by atoms with E-state index in [1.165, 1.54) is 24.0 Å². The number of carbonyl (C=O) groups is 2. The maximum atomic E-state index is 11.4. The van der Waals surface area contributed by atoms with Crippen LogP contribution in [-0.4, -0.2) is 33.8 Å². The van der Waals surface area contributed by atoms with E-state index < -0.39 is 5.97 Å². The highest BCUT2D eigenvalue weighted by Crippen LogP contribution is 2.20. The third-order valence-electron chi connectivity index (χ3n) is 2.28. The summed E-state index contributed by atoms with van der Waals surface area (Å²) >= 11 is 1.30. The molecule has 0 spiro atoms. The molecule has 0 saturated heterocycles. The molecule has 0 unspecified atom stereocenters. The lowest BCUT2D eigenvalue weighted by Gasteiger charge is -2.02. The van der Waals surface area contributed by atoms with Gasteiger partial charge in [0.1, 0.15) is 0 Å². The van der Waals surface area contributed by atoms with Crippen molar-refractivity contribution < 1.29 is 14.7 Å². The summed E-state index contributed by atoms with van der Waals surface area (Å²) in [6, 6.07) is 3.46.